The second-order valence-corrected chi connectivity index (χ2v) is 3.18. The highest BCUT2D eigenvalue weighted by molar-refractivity contribution is 14.1. The molecule has 1 nitrogen and oxygen atoms in total. The molecule has 1 rings (SSSR count). The quantitative estimate of drug-likeness (QED) is 0.708. The number of nitrogens with zero attached hydrogens (tertiary/aromatic N) is 1. The molecule has 0 fully saturated rings. The van der Waals surface area contributed by atoms with E-state index in [9.17, 15) is 0 Å². The normalized spacial score (nSPS) is 8.73. The molecular formula is C9H6IN. The second kappa shape index (κ2) is 3.54. The first kappa shape index (κ1) is 8.28. The molecule has 0 saturated heterocycles. The van der Waals surface area contributed by atoms with Gasteiger partial charge in [0.1, 0.15) is 6.07 Å². The largest absolute Gasteiger partial charge is 0.192 e. The number of nitriles is 1. The van der Waals surface area contributed by atoms with Crippen LogP contribution in [0.5, 0.6) is 0 Å². The SMILES string of the molecule is C=Cc1cccc(I)c1C#N. The van der Waals surface area contributed by atoms with Crippen molar-refractivity contribution in [2.24, 2.45) is 0 Å². The lowest BCUT2D eigenvalue weighted by molar-refractivity contribution is 1.45. The van der Waals surface area contributed by atoms with E-state index in [0.717, 1.165) is 9.13 Å². The van der Waals surface area contributed by atoms with Gasteiger partial charge < -0.3 is 0 Å². The number of hydrogen-bond donors (Lipinski definition) is 0. The van der Waals surface area contributed by atoms with Gasteiger partial charge in [0.25, 0.3) is 0 Å². The number of rotatable bonds is 1. The Labute approximate surface area is 79.5 Å². The van der Waals surface area contributed by atoms with Crippen LogP contribution < -0.4 is 0 Å². The van der Waals surface area contributed by atoms with Gasteiger partial charge in [0.05, 0.1) is 5.56 Å². The summed E-state index contributed by atoms with van der Waals surface area (Å²) in [6.07, 6.45) is 1.70. The molecule has 0 aliphatic heterocycles. The van der Waals surface area contributed by atoms with Crippen LogP contribution in [0, 0.1) is 14.9 Å². The van der Waals surface area contributed by atoms with E-state index in [1.165, 1.54) is 0 Å². The molecule has 54 valence electrons. The monoisotopic (exact) mass is 255 g/mol. The standard InChI is InChI=1S/C9H6IN/c1-2-7-4-3-5-9(10)8(7)6-11/h2-5H,1H2. The summed E-state index contributed by atoms with van der Waals surface area (Å²) in [7, 11) is 0. The third-order valence-electron chi connectivity index (χ3n) is 1.38. The minimum Gasteiger partial charge on any atom is -0.192 e. The molecule has 0 amide bonds. The Balaban J connectivity index is 3.38. The van der Waals surface area contributed by atoms with Crippen molar-refractivity contribution in [1.29, 1.82) is 5.26 Å². The molecule has 0 aromatic heterocycles. The van der Waals surface area contributed by atoms with Crippen LogP contribution in [-0.2, 0) is 0 Å². The molecule has 0 spiro atoms. The molecule has 11 heavy (non-hydrogen) atoms. The molecule has 1 aromatic rings. The van der Waals surface area contributed by atoms with Crippen LogP contribution in [0.1, 0.15) is 11.1 Å². The van der Waals surface area contributed by atoms with E-state index in [0.29, 0.717) is 5.56 Å². The average Bonchev–Trinajstić information content (AvgIpc) is 2.04. The van der Waals surface area contributed by atoms with Crippen LogP contribution in [0.2, 0.25) is 0 Å². The van der Waals surface area contributed by atoms with Gasteiger partial charge in [0.15, 0.2) is 0 Å². The fraction of sp³-hybridized carbons (Fsp3) is 0. The average molecular weight is 255 g/mol. The second-order valence-electron chi connectivity index (χ2n) is 2.02. The zero-order valence-electron chi connectivity index (χ0n) is 5.84. The van der Waals surface area contributed by atoms with E-state index < -0.39 is 0 Å². The van der Waals surface area contributed by atoms with Crippen LogP contribution in [0.4, 0.5) is 0 Å². The van der Waals surface area contributed by atoms with Crippen molar-refractivity contribution in [3.63, 3.8) is 0 Å². The summed E-state index contributed by atoms with van der Waals surface area (Å²) in [6.45, 7) is 3.63. The van der Waals surface area contributed by atoms with Crippen molar-refractivity contribution in [1.82, 2.24) is 0 Å². The van der Waals surface area contributed by atoms with Crippen LogP contribution in [0.25, 0.3) is 6.08 Å². The Bertz CT molecular complexity index is 323. The Hall–Kier alpha value is -0.820. The minimum absolute atomic E-state index is 0.711. The summed E-state index contributed by atoms with van der Waals surface area (Å²) in [5.74, 6) is 0. The van der Waals surface area contributed by atoms with Gasteiger partial charge in [-0.15, -0.1) is 0 Å². The van der Waals surface area contributed by atoms with Gasteiger partial charge in [0.2, 0.25) is 0 Å². The molecule has 0 radical (unpaired) electrons. The van der Waals surface area contributed by atoms with Crippen molar-refractivity contribution in [2.45, 2.75) is 0 Å². The van der Waals surface area contributed by atoms with Gasteiger partial charge in [-0.25, -0.2) is 0 Å². The molecule has 0 unspecified atom stereocenters. The molecule has 0 N–H and O–H groups in total. The number of benzene rings is 1. The van der Waals surface area contributed by atoms with Crippen molar-refractivity contribution in [2.75, 3.05) is 0 Å². The first-order chi connectivity index (χ1) is 5.29. The maximum Gasteiger partial charge on any atom is 0.101 e. The molecule has 0 heterocycles. The van der Waals surface area contributed by atoms with E-state index in [2.05, 4.69) is 35.2 Å². The summed E-state index contributed by atoms with van der Waals surface area (Å²) in [5.41, 5.74) is 1.61. The summed E-state index contributed by atoms with van der Waals surface area (Å²) >= 11 is 2.14. The topological polar surface area (TPSA) is 23.8 Å². The zero-order chi connectivity index (χ0) is 8.27. The maximum absolute atomic E-state index is 8.73. The minimum atomic E-state index is 0.711. The highest BCUT2D eigenvalue weighted by Crippen LogP contribution is 2.16. The Morgan fingerprint density at radius 3 is 2.73 bits per heavy atom. The highest BCUT2D eigenvalue weighted by atomic mass is 127. The van der Waals surface area contributed by atoms with E-state index in [-0.39, 0.29) is 0 Å². The van der Waals surface area contributed by atoms with Crippen molar-refractivity contribution >= 4 is 28.7 Å². The third kappa shape index (κ3) is 1.60. The van der Waals surface area contributed by atoms with E-state index >= 15 is 0 Å². The summed E-state index contributed by atoms with van der Waals surface area (Å²) < 4.78 is 0.975. The fourth-order valence-corrected chi connectivity index (χ4v) is 1.47. The summed E-state index contributed by atoms with van der Waals surface area (Å²) in [4.78, 5) is 0. The zero-order valence-corrected chi connectivity index (χ0v) is 8.00. The molecule has 2 heteroatoms. The number of hydrogen-bond acceptors (Lipinski definition) is 1. The van der Waals surface area contributed by atoms with Gasteiger partial charge >= 0.3 is 0 Å². The smallest absolute Gasteiger partial charge is 0.101 e. The van der Waals surface area contributed by atoms with Gasteiger partial charge in [-0.3, -0.25) is 0 Å². The Morgan fingerprint density at radius 1 is 1.55 bits per heavy atom. The molecule has 0 atom stereocenters. The van der Waals surface area contributed by atoms with Crippen LogP contribution in [0.15, 0.2) is 24.8 Å². The molecule has 0 saturated carbocycles. The predicted octanol–water partition coefficient (Wildman–Crippen LogP) is 2.81. The van der Waals surface area contributed by atoms with Gasteiger partial charge in [-0.05, 0) is 34.2 Å². The van der Waals surface area contributed by atoms with E-state index in [1.54, 1.807) is 6.08 Å². The molecule has 0 bridgehead atoms. The Morgan fingerprint density at radius 2 is 2.27 bits per heavy atom. The molecule has 1 aromatic carbocycles. The fourth-order valence-electron chi connectivity index (χ4n) is 0.829. The molecule has 0 aliphatic rings. The summed E-state index contributed by atoms with van der Waals surface area (Å²) in [5, 5.41) is 8.73. The van der Waals surface area contributed by atoms with Gasteiger partial charge in [0, 0.05) is 3.57 Å². The van der Waals surface area contributed by atoms with Crippen molar-refractivity contribution < 1.29 is 0 Å². The first-order valence-corrected chi connectivity index (χ1v) is 4.18. The lowest BCUT2D eigenvalue weighted by atomic mass is 10.1. The maximum atomic E-state index is 8.73. The van der Waals surface area contributed by atoms with Crippen molar-refractivity contribution in [3.8, 4) is 6.07 Å². The van der Waals surface area contributed by atoms with Crippen molar-refractivity contribution in [3.05, 3.63) is 39.5 Å². The summed E-state index contributed by atoms with van der Waals surface area (Å²) in [6, 6.07) is 7.84. The van der Waals surface area contributed by atoms with Crippen LogP contribution in [0.3, 0.4) is 0 Å². The van der Waals surface area contributed by atoms with Crippen LogP contribution in [-0.4, -0.2) is 0 Å². The van der Waals surface area contributed by atoms with Crippen LogP contribution >= 0.6 is 22.6 Å². The lowest BCUT2D eigenvalue weighted by Crippen LogP contribution is -1.84. The third-order valence-corrected chi connectivity index (χ3v) is 2.28. The van der Waals surface area contributed by atoms with Gasteiger partial charge in [-0.2, -0.15) is 5.26 Å². The van der Waals surface area contributed by atoms with E-state index in [4.69, 9.17) is 5.26 Å². The molecular weight excluding hydrogens is 249 g/mol. The molecule has 0 aliphatic carbocycles. The number of halogens is 1. The van der Waals surface area contributed by atoms with Gasteiger partial charge in [-0.1, -0.05) is 24.8 Å². The predicted molar refractivity (Wildman–Crippen MR) is 54.0 cm³/mol. The lowest BCUT2D eigenvalue weighted by Gasteiger charge is -1.97. The Kier molecular flexibility index (Phi) is 2.66. The van der Waals surface area contributed by atoms with E-state index in [1.807, 2.05) is 18.2 Å². The first-order valence-electron chi connectivity index (χ1n) is 3.10. The highest BCUT2D eigenvalue weighted by Gasteiger charge is 2.00.